The number of rotatable bonds is 6. The van der Waals surface area contributed by atoms with E-state index in [9.17, 15) is 4.79 Å². The first-order valence-electron chi connectivity index (χ1n) is 9.87. The number of benzene rings is 1. The summed E-state index contributed by atoms with van der Waals surface area (Å²) in [6.45, 7) is 13.7. The Morgan fingerprint density at radius 2 is 2.07 bits per heavy atom. The molecular formula is C23H31N3O. The molecule has 2 aliphatic heterocycles. The lowest BCUT2D eigenvalue weighted by atomic mass is 9.94. The maximum absolute atomic E-state index is 13.3. The summed E-state index contributed by atoms with van der Waals surface area (Å²) < 4.78 is 0. The molecular weight excluding hydrogens is 334 g/mol. The minimum atomic E-state index is 0.101. The van der Waals surface area contributed by atoms with E-state index in [4.69, 9.17) is 0 Å². The van der Waals surface area contributed by atoms with Gasteiger partial charge in [-0.3, -0.25) is 4.79 Å². The van der Waals surface area contributed by atoms with E-state index in [-0.39, 0.29) is 11.9 Å². The summed E-state index contributed by atoms with van der Waals surface area (Å²) >= 11 is 0. The van der Waals surface area contributed by atoms with Crippen molar-refractivity contribution in [2.45, 2.75) is 46.6 Å². The molecule has 0 aromatic heterocycles. The Labute approximate surface area is 163 Å². The lowest BCUT2D eigenvalue weighted by Gasteiger charge is -2.19. The van der Waals surface area contributed by atoms with Crippen LogP contribution in [0.25, 0.3) is 0 Å². The first-order chi connectivity index (χ1) is 12.9. The first-order valence-corrected chi connectivity index (χ1v) is 9.87. The summed E-state index contributed by atoms with van der Waals surface area (Å²) in [6.07, 6.45) is 8.18. The van der Waals surface area contributed by atoms with Crippen LogP contribution in [0.15, 0.2) is 48.1 Å². The van der Waals surface area contributed by atoms with Crippen molar-refractivity contribution < 1.29 is 4.79 Å². The van der Waals surface area contributed by atoms with Crippen LogP contribution in [0.2, 0.25) is 0 Å². The van der Waals surface area contributed by atoms with Crippen molar-refractivity contribution in [3.8, 4) is 0 Å². The van der Waals surface area contributed by atoms with Gasteiger partial charge in [-0.1, -0.05) is 38.7 Å². The highest BCUT2D eigenvalue weighted by Crippen LogP contribution is 2.35. The predicted molar refractivity (Wildman–Crippen MR) is 113 cm³/mol. The van der Waals surface area contributed by atoms with Gasteiger partial charge in [0.1, 0.15) is 0 Å². The van der Waals surface area contributed by atoms with Crippen molar-refractivity contribution in [3.63, 3.8) is 0 Å². The highest BCUT2D eigenvalue weighted by molar-refractivity contribution is 5.97. The van der Waals surface area contributed by atoms with E-state index >= 15 is 0 Å². The van der Waals surface area contributed by atoms with E-state index in [0.29, 0.717) is 19.0 Å². The zero-order valence-corrected chi connectivity index (χ0v) is 16.9. The number of carbonyl (C=O) groups is 1. The van der Waals surface area contributed by atoms with E-state index in [1.54, 1.807) is 0 Å². The number of allylic oxidation sites excluding steroid dienone is 1. The second-order valence-electron chi connectivity index (χ2n) is 7.96. The average Bonchev–Trinajstić information content (AvgIpc) is 3.22. The van der Waals surface area contributed by atoms with Crippen LogP contribution >= 0.6 is 0 Å². The summed E-state index contributed by atoms with van der Waals surface area (Å²) in [6, 6.07) is 4.44. The molecule has 1 atom stereocenters. The number of anilines is 1. The quantitative estimate of drug-likeness (QED) is 0.752. The Morgan fingerprint density at radius 1 is 1.33 bits per heavy atom. The summed E-state index contributed by atoms with van der Waals surface area (Å²) in [5.41, 5.74) is 13.1. The third-order valence-electron chi connectivity index (χ3n) is 5.45. The minimum absolute atomic E-state index is 0.101. The molecule has 0 radical (unpaired) electrons. The molecule has 1 unspecified atom stereocenters. The van der Waals surface area contributed by atoms with Crippen molar-refractivity contribution in [3.05, 3.63) is 64.8 Å². The number of amides is 1. The molecule has 0 saturated carbocycles. The zero-order chi connectivity index (χ0) is 19.6. The number of hydrazine groups is 1. The largest absolute Gasteiger partial charge is 0.330 e. The Morgan fingerprint density at radius 3 is 2.74 bits per heavy atom. The van der Waals surface area contributed by atoms with Gasteiger partial charge < -0.3 is 10.3 Å². The van der Waals surface area contributed by atoms with Gasteiger partial charge in [-0.2, -0.15) is 0 Å². The molecule has 4 nitrogen and oxygen atoms in total. The fraction of sp³-hybridized carbons (Fsp3) is 0.435. The monoisotopic (exact) mass is 365 g/mol. The Balaban J connectivity index is 1.82. The van der Waals surface area contributed by atoms with Gasteiger partial charge in [0.05, 0.1) is 11.7 Å². The summed E-state index contributed by atoms with van der Waals surface area (Å²) in [5, 5.41) is 0. The van der Waals surface area contributed by atoms with Gasteiger partial charge in [-0.05, 0) is 67.0 Å². The molecule has 2 N–H and O–H groups in total. The molecule has 1 aromatic carbocycles. The first kappa shape index (κ1) is 19.4. The lowest BCUT2D eigenvalue weighted by molar-refractivity contribution is 0.0796. The highest BCUT2D eigenvalue weighted by atomic mass is 16.2. The van der Waals surface area contributed by atoms with Crippen LogP contribution in [0.3, 0.4) is 0 Å². The van der Waals surface area contributed by atoms with Crippen LogP contribution in [0.1, 0.15) is 61.1 Å². The Hall–Kier alpha value is -2.33. The number of nitrogens with zero attached hydrogens (tertiary/aromatic N) is 1. The lowest BCUT2D eigenvalue weighted by Crippen LogP contribution is -2.30. The maximum atomic E-state index is 13.3. The molecule has 27 heavy (non-hydrogen) atoms. The van der Waals surface area contributed by atoms with Gasteiger partial charge in [-0.25, -0.2) is 5.43 Å². The fourth-order valence-electron chi connectivity index (χ4n) is 3.86. The van der Waals surface area contributed by atoms with Crippen LogP contribution in [-0.4, -0.2) is 23.9 Å². The van der Waals surface area contributed by atoms with Gasteiger partial charge in [0, 0.05) is 18.7 Å². The van der Waals surface area contributed by atoms with Crippen molar-refractivity contribution in [2.24, 2.45) is 5.92 Å². The van der Waals surface area contributed by atoms with E-state index in [0.717, 1.165) is 35.2 Å². The molecule has 1 amide bonds. The number of fused-ring (bicyclic) bond motifs is 1. The normalized spacial score (nSPS) is 19.1. The standard InChI is InChI=1S/C23H31N3O/c1-6-8-18-14-26(13-17(18)7-2)23(27)19-12-20-21(10-9-15(3)4)24-25-22(20)11-16(19)5/h6-8,11-12,15,21,24-25H,2,9-10,13-14H2,1,3-5H3/b8-6-. The van der Waals surface area contributed by atoms with Crippen molar-refractivity contribution in [2.75, 3.05) is 18.5 Å². The number of hydrogen-bond donors (Lipinski definition) is 2. The van der Waals surface area contributed by atoms with Crippen molar-refractivity contribution >= 4 is 11.6 Å². The second-order valence-corrected chi connectivity index (χ2v) is 7.96. The second kappa shape index (κ2) is 8.13. The van der Waals surface area contributed by atoms with E-state index in [1.165, 1.54) is 11.1 Å². The molecule has 0 fully saturated rings. The van der Waals surface area contributed by atoms with E-state index in [2.05, 4.69) is 49.5 Å². The molecule has 0 aliphatic carbocycles. The van der Waals surface area contributed by atoms with Crippen LogP contribution < -0.4 is 10.9 Å². The predicted octanol–water partition coefficient (Wildman–Crippen LogP) is 4.92. The summed E-state index contributed by atoms with van der Waals surface area (Å²) in [5.74, 6) is 0.768. The Bertz CT molecular complexity index is 804. The van der Waals surface area contributed by atoms with Crippen LogP contribution in [-0.2, 0) is 0 Å². The maximum Gasteiger partial charge on any atom is 0.254 e. The van der Waals surface area contributed by atoms with Crippen LogP contribution in [0.4, 0.5) is 5.69 Å². The highest BCUT2D eigenvalue weighted by Gasteiger charge is 2.28. The van der Waals surface area contributed by atoms with Gasteiger partial charge in [0.2, 0.25) is 0 Å². The van der Waals surface area contributed by atoms with Gasteiger partial charge >= 0.3 is 0 Å². The van der Waals surface area contributed by atoms with Crippen LogP contribution in [0.5, 0.6) is 0 Å². The molecule has 0 spiro atoms. The molecule has 0 saturated heterocycles. The minimum Gasteiger partial charge on any atom is -0.330 e. The van der Waals surface area contributed by atoms with Crippen molar-refractivity contribution in [1.29, 1.82) is 0 Å². The van der Waals surface area contributed by atoms with Crippen molar-refractivity contribution in [1.82, 2.24) is 10.3 Å². The molecule has 2 aliphatic rings. The third kappa shape index (κ3) is 4.01. The molecule has 2 heterocycles. The third-order valence-corrected chi connectivity index (χ3v) is 5.45. The molecule has 144 valence electrons. The molecule has 4 heteroatoms. The molecule has 3 rings (SSSR count). The number of nitrogens with one attached hydrogen (secondary N) is 2. The SMILES string of the molecule is C=CC1=C(/C=C\C)CN(C(=O)c2cc3c(cc2C)NNC3CCC(C)C)C1. The topological polar surface area (TPSA) is 44.4 Å². The van der Waals surface area contributed by atoms with Gasteiger partial charge in [0.25, 0.3) is 5.91 Å². The Kier molecular flexibility index (Phi) is 5.85. The summed E-state index contributed by atoms with van der Waals surface area (Å²) in [4.78, 5) is 15.2. The van der Waals surface area contributed by atoms with Gasteiger partial charge in [-0.15, -0.1) is 0 Å². The smallest absolute Gasteiger partial charge is 0.254 e. The van der Waals surface area contributed by atoms with Gasteiger partial charge in [0.15, 0.2) is 0 Å². The fourth-order valence-corrected chi connectivity index (χ4v) is 3.86. The molecule has 1 aromatic rings. The number of carbonyl (C=O) groups excluding carboxylic acids is 1. The number of aryl methyl sites for hydroxylation is 1. The zero-order valence-electron chi connectivity index (χ0n) is 16.9. The summed E-state index contributed by atoms with van der Waals surface area (Å²) in [7, 11) is 0. The van der Waals surface area contributed by atoms with E-state index < -0.39 is 0 Å². The average molecular weight is 366 g/mol. The van der Waals surface area contributed by atoms with E-state index in [1.807, 2.05) is 30.9 Å². The molecule has 0 bridgehead atoms. The van der Waals surface area contributed by atoms with Crippen LogP contribution in [0, 0.1) is 12.8 Å². The number of hydrogen-bond acceptors (Lipinski definition) is 3.